The molecule has 2 rings (SSSR count). The Bertz CT molecular complexity index is 507. The summed E-state index contributed by atoms with van der Waals surface area (Å²) in [6, 6.07) is 9.65. The van der Waals surface area contributed by atoms with Crippen molar-refractivity contribution in [2.75, 3.05) is 0 Å². The molecular weight excluding hydrogens is 268 g/mol. The van der Waals surface area contributed by atoms with Gasteiger partial charge in [-0.2, -0.15) is 0 Å². The molecule has 2 N–H and O–H groups in total. The molecule has 0 bridgehead atoms. The highest BCUT2D eigenvalue weighted by atomic mass is 16.5. The van der Waals surface area contributed by atoms with Crippen LogP contribution in [-0.4, -0.2) is 34.5 Å². The van der Waals surface area contributed by atoms with E-state index in [4.69, 9.17) is 4.74 Å². The molecule has 1 heterocycles. The van der Waals surface area contributed by atoms with Gasteiger partial charge in [-0.25, -0.2) is 4.79 Å². The molecule has 21 heavy (non-hydrogen) atoms. The lowest BCUT2D eigenvalue weighted by atomic mass is 10.0. The van der Waals surface area contributed by atoms with Crippen LogP contribution in [0.15, 0.2) is 48.6 Å². The van der Waals surface area contributed by atoms with Crippen LogP contribution in [0.25, 0.3) is 6.08 Å². The standard InChI is InChI=1S/C17H20O4/c18-14(10-9-13-5-2-1-3-6-13)11-15(19)12-16-7-4-8-17(20)21-16/h1-6,8-10,14-16,18-19H,7,11-12H2/b10-9+/t14?,15?,16-/m1/s1. The van der Waals surface area contributed by atoms with Crippen molar-refractivity contribution in [1.82, 2.24) is 0 Å². The zero-order valence-electron chi connectivity index (χ0n) is 11.8. The predicted molar refractivity (Wildman–Crippen MR) is 80.4 cm³/mol. The van der Waals surface area contributed by atoms with Crippen LogP contribution in [0.3, 0.4) is 0 Å². The van der Waals surface area contributed by atoms with E-state index >= 15 is 0 Å². The maximum atomic E-state index is 11.1. The molecular formula is C17H20O4. The highest BCUT2D eigenvalue weighted by Gasteiger charge is 2.20. The summed E-state index contributed by atoms with van der Waals surface area (Å²) >= 11 is 0. The lowest BCUT2D eigenvalue weighted by Gasteiger charge is -2.22. The summed E-state index contributed by atoms with van der Waals surface area (Å²) in [6.45, 7) is 0. The van der Waals surface area contributed by atoms with Crippen LogP contribution in [0.2, 0.25) is 0 Å². The molecule has 1 aromatic carbocycles. The van der Waals surface area contributed by atoms with Crippen molar-refractivity contribution in [3.05, 3.63) is 54.1 Å². The third-order valence-corrected chi connectivity index (χ3v) is 3.29. The van der Waals surface area contributed by atoms with E-state index in [0.717, 1.165) is 5.56 Å². The Morgan fingerprint density at radius 1 is 1.29 bits per heavy atom. The average Bonchev–Trinajstić information content (AvgIpc) is 2.46. The summed E-state index contributed by atoms with van der Waals surface area (Å²) in [5.74, 6) is -0.372. The van der Waals surface area contributed by atoms with Gasteiger partial charge < -0.3 is 14.9 Å². The lowest BCUT2D eigenvalue weighted by Crippen LogP contribution is -2.27. The Balaban J connectivity index is 1.77. The van der Waals surface area contributed by atoms with Gasteiger partial charge in [-0.15, -0.1) is 0 Å². The molecule has 1 aliphatic rings. The van der Waals surface area contributed by atoms with Gasteiger partial charge in [0.15, 0.2) is 0 Å². The molecule has 0 aromatic heterocycles. The summed E-state index contributed by atoms with van der Waals surface area (Å²) in [7, 11) is 0. The monoisotopic (exact) mass is 288 g/mol. The zero-order chi connectivity index (χ0) is 15.1. The van der Waals surface area contributed by atoms with E-state index in [2.05, 4.69) is 0 Å². The molecule has 0 spiro atoms. The van der Waals surface area contributed by atoms with Gasteiger partial charge >= 0.3 is 5.97 Å². The summed E-state index contributed by atoms with van der Waals surface area (Å²) in [6.07, 6.45) is 6.05. The van der Waals surface area contributed by atoms with Gasteiger partial charge in [-0.3, -0.25) is 0 Å². The number of hydrogen-bond donors (Lipinski definition) is 2. The second-order valence-electron chi connectivity index (χ2n) is 5.16. The molecule has 0 fully saturated rings. The summed E-state index contributed by atoms with van der Waals surface area (Å²) in [5, 5.41) is 19.8. The molecule has 1 aliphatic heterocycles. The first kappa shape index (κ1) is 15.5. The van der Waals surface area contributed by atoms with Crippen molar-refractivity contribution >= 4 is 12.0 Å². The van der Waals surface area contributed by atoms with Gasteiger partial charge in [0.25, 0.3) is 0 Å². The third kappa shape index (κ3) is 5.53. The van der Waals surface area contributed by atoms with Gasteiger partial charge in [-0.05, 0) is 5.56 Å². The van der Waals surface area contributed by atoms with Crippen molar-refractivity contribution in [3.8, 4) is 0 Å². The molecule has 0 radical (unpaired) electrons. The van der Waals surface area contributed by atoms with E-state index in [1.165, 1.54) is 6.08 Å². The van der Waals surface area contributed by atoms with Crippen LogP contribution in [-0.2, 0) is 9.53 Å². The first-order chi connectivity index (χ1) is 10.1. The number of benzene rings is 1. The number of aliphatic hydroxyl groups excluding tert-OH is 2. The number of cyclic esters (lactones) is 1. The highest BCUT2D eigenvalue weighted by molar-refractivity contribution is 5.82. The number of hydrogen-bond acceptors (Lipinski definition) is 4. The Morgan fingerprint density at radius 3 is 2.76 bits per heavy atom. The fraction of sp³-hybridized carbons (Fsp3) is 0.353. The largest absolute Gasteiger partial charge is 0.459 e. The molecule has 112 valence electrons. The summed E-state index contributed by atoms with van der Waals surface area (Å²) in [5.41, 5.74) is 0.998. The SMILES string of the molecule is O=C1C=CC[C@H](CC(O)CC(O)/C=C/c2ccccc2)O1. The lowest BCUT2D eigenvalue weighted by molar-refractivity contribution is -0.145. The van der Waals surface area contributed by atoms with E-state index in [-0.39, 0.29) is 18.5 Å². The maximum absolute atomic E-state index is 11.1. The fourth-order valence-corrected chi connectivity index (χ4v) is 2.26. The highest BCUT2D eigenvalue weighted by Crippen LogP contribution is 2.16. The zero-order valence-corrected chi connectivity index (χ0v) is 11.8. The molecule has 0 aliphatic carbocycles. The molecule has 3 atom stereocenters. The molecule has 0 amide bonds. The minimum Gasteiger partial charge on any atom is -0.459 e. The molecule has 4 heteroatoms. The topological polar surface area (TPSA) is 66.8 Å². The van der Waals surface area contributed by atoms with Crippen molar-refractivity contribution < 1.29 is 19.7 Å². The molecule has 1 aromatic rings. The van der Waals surface area contributed by atoms with Gasteiger partial charge in [0.05, 0.1) is 12.2 Å². The smallest absolute Gasteiger partial charge is 0.330 e. The van der Waals surface area contributed by atoms with Gasteiger partial charge in [-0.1, -0.05) is 48.6 Å². The molecule has 4 nitrogen and oxygen atoms in total. The van der Waals surface area contributed by atoms with Crippen molar-refractivity contribution in [2.45, 2.75) is 37.6 Å². The Hall–Kier alpha value is -1.91. The normalized spacial score (nSPS) is 21.2. The van der Waals surface area contributed by atoms with Crippen molar-refractivity contribution in [1.29, 1.82) is 0 Å². The second-order valence-corrected chi connectivity index (χ2v) is 5.16. The Morgan fingerprint density at radius 2 is 2.05 bits per heavy atom. The van der Waals surface area contributed by atoms with Gasteiger partial charge in [0.2, 0.25) is 0 Å². The predicted octanol–water partition coefficient (Wildman–Crippen LogP) is 2.07. The van der Waals surface area contributed by atoms with E-state index in [9.17, 15) is 15.0 Å². The van der Waals surface area contributed by atoms with Crippen LogP contribution in [0.5, 0.6) is 0 Å². The quantitative estimate of drug-likeness (QED) is 0.786. The van der Waals surface area contributed by atoms with Crippen molar-refractivity contribution in [2.24, 2.45) is 0 Å². The number of carbonyl (C=O) groups excluding carboxylic acids is 1. The molecule has 2 unspecified atom stereocenters. The first-order valence-electron chi connectivity index (χ1n) is 7.10. The number of carbonyl (C=O) groups is 1. The number of aliphatic hydroxyl groups is 2. The van der Waals surface area contributed by atoms with Crippen LogP contribution in [0, 0.1) is 0 Å². The van der Waals surface area contributed by atoms with E-state index in [1.54, 1.807) is 12.2 Å². The number of rotatable bonds is 6. The first-order valence-corrected chi connectivity index (χ1v) is 7.10. The maximum Gasteiger partial charge on any atom is 0.330 e. The second kappa shape index (κ2) is 7.76. The summed E-state index contributed by atoms with van der Waals surface area (Å²) < 4.78 is 5.08. The van der Waals surface area contributed by atoms with Gasteiger partial charge in [0, 0.05) is 25.3 Å². The molecule has 0 saturated carbocycles. The Labute approximate surface area is 124 Å². The van der Waals surface area contributed by atoms with Gasteiger partial charge in [0.1, 0.15) is 6.10 Å². The van der Waals surface area contributed by atoms with E-state index < -0.39 is 12.2 Å². The minimum absolute atomic E-state index is 0.223. The van der Waals surface area contributed by atoms with Crippen molar-refractivity contribution in [3.63, 3.8) is 0 Å². The number of esters is 1. The van der Waals surface area contributed by atoms with Crippen LogP contribution in [0.1, 0.15) is 24.8 Å². The summed E-state index contributed by atoms with van der Waals surface area (Å²) in [4.78, 5) is 11.1. The number of ether oxygens (including phenoxy) is 1. The average molecular weight is 288 g/mol. The van der Waals surface area contributed by atoms with E-state index in [1.807, 2.05) is 36.4 Å². The van der Waals surface area contributed by atoms with E-state index in [0.29, 0.717) is 12.8 Å². The van der Waals surface area contributed by atoms with Crippen LogP contribution in [0.4, 0.5) is 0 Å². The fourth-order valence-electron chi connectivity index (χ4n) is 2.26. The van der Waals surface area contributed by atoms with Crippen LogP contribution >= 0.6 is 0 Å². The minimum atomic E-state index is -0.727. The third-order valence-electron chi connectivity index (χ3n) is 3.29. The molecule has 0 saturated heterocycles. The Kier molecular flexibility index (Phi) is 5.72. The van der Waals surface area contributed by atoms with Crippen LogP contribution < -0.4 is 0 Å².